The van der Waals surface area contributed by atoms with E-state index in [9.17, 15) is 5.26 Å². The zero-order valence-corrected chi connectivity index (χ0v) is 23.8. The SMILES string of the molecule is C=C/C=C\C=C1/Oc2c(c3ccccc3n2-c2cccc(-c3ccccc3Cc3cccc(C#N)c3)c2)C=CC1=C.NN. The van der Waals surface area contributed by atoms with E-state index in [-0.39, 0.29) is 0 Å². The van der Waals surface area contributed by atoms with Crippen molar-refractivity contribution < 1.29 is 4.74 Å². The second kappa shape index (κ2) is 13.3. The van der Waals surface area contributed by atoms with Crippen LogP contribution in [0.25, 0.3) is 33.8 Å². The molecule has 0 unspecified atom stereocenters. The summed E-state index contributed by atoms with van der Waals surface area (Å²) in [6.45, 7) is 7.98. The molecule has 210 valence electrons. The first-order chi connectivity index (χ1) is 21.2. The molecule has 1 aromatic heterocycles. The Labute approximate surface area is 252 Å². The second-order valence-electron chi connectivity index (χ2n) is 9.88. The Balaban J connectivity index is 0.00000180. The first-order valence-electron chi connectivity index (χ1n) is 13.9. The van der Waals surface area contributed by atoms with Gasteiger partial charge in [-0.05, 0) is 71.2 Å². The maximum Gasteiger partial charge on any atom is 0.213 e. The summed E-state index contributed by atoms with van der Waals surface area (Å²) >= 11 is 0. The molecule has 4 N–H and O–H groups in total. The van der Waals surface area contributed by atoms with E-state index < -0.39 is 0 Å². The van der Waals surface area contributed by atoms with Crippen LogP contribution in [-0.4, -0.2) is 4.57 Å². The van der Waals surface area contributed by atoms with E-state index in [1.165, 1.54) is 5.56 Å². The second-order valence-corrected chi connectivity index (χ2v) is 9.88. The number of nitrogens with zero attached hydrogens (tertiary/aromatic N) is 2. The van der Waals surface area contributed by atoms with Crippen LogP contribution in [0.3, 0.4) is 0 Å². The molecule has 5 aromatic rings. The molecule has 0 amide bonds. The number of aromatic nitrogens is 1. The summed E-state index contributed by atoms with van der Waals surface area (Å²) in [4.78, 5) is 0. The Morgan fingerprint density at radius 2 is 1.65 bits per heavy atom. The van der Waals surface area contributed by atoms with Crippen molar-refractivity contribution in [2.75, 3.05) is 0 Å². The number of hydrogen-bond donors (Lipinski definition) is 2. The molecule has 1 aliphatic rings. The number of ether oxygens (including phenoxy) is 1. The maximum atomic E-state index is 9.36. The largest absolute Gasteiger partial charge is 0.439 e. The minimum absolute atomic E-state index is 0.673. The average Bonchev–Trinajstić information content (AvgIpc) is 3.27. The van der Waals surface area contributed by atoms with Crippen LogP contribution in [0.2, 0.25) is 0 Å². The highest BCUT2D eigenvalue weighted by molar-refractivity contribution is 5.95. The number of hydrazine groups is 1. The highest BCUT2D eigenvalue weighted by Gasteiger charge is 2.22. The summed E-state index contributed by atoms with van der Waals surface area (Å²) in [6, 6.07) is 35.4. The fraction of sp³-hybridized carbons (Fsp3) is 0.0263. The van der Waals surface area contributed by atoms with Gasteiger partial charge in [-0.15, -0.1) is 0 Å². The van der Waals surface area contributed by atoms with Crippen LogP contribution in [0.15, 0.2) is 152 Å². The Hall–Kier alpha value is -5.67. The Kier molecular flexibility index (Phi) is 8.94. The molecule has 0 atom stereocenters. The van der Waals surface area contributed by atoms with E-state index >= 15 is 0 Å². The zero-order chi connectivity index (χ0) is 30.2. The molecule has 1 aliphatic heterocycles. The standard InChI is InChI=1S/C38H28N2O.H4N2/c1-3-4-5-20-37-27(2)21-22-35-34-18-8-9-19-36(34)40(38(35)41-37)32-16-11-15-31(25-32)33-17-7-6-14-30(33)24-28-12-10-13-29(23-28)26-39;1-2/h3-23,25H,1-2,24H2;1-2H2/b5-4-,37-20-;. The van der Waals surface area contributed by atoms with Gasteiger partial charge in [0.1, 0.15) is 5.76 Å². The van der Waals surface area contributed by atoms with Crippen LogP contribution in [0.4, 0.5) is 0 Å². The minimum atomic E-state index is 0.673. The van der Waals surface area contributed by atoms with Crippen molar-refractivity contribution in [3.8, 4) is 28.8 Å². The van der Waals surface area contributed by atoms with Crippen molar-refractivity contribution in [3.05, 3.63) is 174 Å². The van der Waals surface area contributed by atoms with Gasteiger partial charge in [0.25, 0.3) is 0 Å². The fourth-order valence-electron chi connectivity index (χ4n) is 5.30. The summed E-state index contributed by atoms with van der Waals surface area (Å²) in [5.41, 5.74) is 9.13. The molecule has 4 aromatic carbocycles. The third-order valence-electron chi connectivity index (χ3n) is 7.22. The van der Waals surface area contributed by atoms with E-state index in [2.05, 4.69) is 120 Å². The number of rotatable bonds is 6. The van der Waals surface area contributed by atoms with Gasteiger partial charge in [-0.1, -0.05) is 104 Å². The van der Waals surface area contributed by atoms with Gasteiger partial charge in [-0.25, -0.2) is 0 Å². The molecule has 0 saturated carbocycles. The van der Waals surface area contributed by atoms with Crippen molar-refractivity contribution in [3.63, 3.8) is 0 Å². The van der Waals surface area contributed by atoms with Crippen LogP contribution >= 0.6 is 0 Å². The number of nitriles is 1. The number of hydrogen-bond acceptors (Lipinski definition) is 4. The molecule has 5 heteroatoms. The summed E-state index contributed by atoms with van der Waals surface area (Å²) in [7, 11) is 0. The van der Waals surface area contributed by atoms with Gasteiger partial charge in [0.2, 0.25) is 5.88 Å². The van der Waals surface area contributed by atoms with Crippen molar-refractivity contribution in [2.24, 2.45) is 11.7 Å². The third-order valence-corrected chi connectivity index (χ3v) is 7.22. The van der Waals surface area contributed by atoms with Gasteiger partial charge < -0.3 is 4.74 Å². The normalized spacial score (nSPS) is 13.1. The molecule has 0 saturated heterocycles. The summed E-state index contributed by atoms with van der Waals surface area (Å²) < 4.78 is 8.79. The van der Waals surface area contributed by atoms with Gasteiger partial charge in [0, 0.05) is 22.2 Å². The first kappa shape index (κ1) is 28.8. The Morgan fingerprint density at radius 3 is 2.49 bits per heavy atom. The van der Waals surface area contributed by atoms with E-state index in [0.29, 0.717) is 11.3 Å². The van der Waals surface area contributed by atoms with Crippen molar-refractivity contribution >= 4 is 17.0 Å². The Morgan fingerprint density at radius 1 is 0.860 bits per heavy atom. The summed E-state index contributed by atoms with van der Waals surface area (Å²) in [5, 5.41) is 10.5. The summed E-state index contributed by atoms with van der Waals surface area (Å²) in [5.74, 6) is 9.43. The number of para-hydroxylation sites is 1. The van der Waals surface area contributed by atoms with Crippen molar-refractivity contribution in [1.29, 1.82) is 5.26 Å². The number of allylic oxidation sites excluding steroid dienone is 5. The van der Waals surface area contributed by atoms with Gasteiger partial charge >= 0.3 is 0 Å². The topological polar surface area (TPSA) is 90.0 Å². The number of nitrogens with two attached hydrogens (primary N) is 2. The van der Waals surface area contributed by atoms with E-state index in [4.69, 9.17) is 4.74 Å². The van der Waals surface area contributed by atoms with Gasteiger partial charge in [0.15, 0.2) is 0 Å². The highest BCUT2D eigenvalue weighted by Crippen LogP contribution is 2.40. The molecule has 0 aliphatic carbocycles. The van der Waals surface area contributed by atoms with Crippen LogP contribution in [0, 0.1) is 11.3 Å². The zero-order valence-electron chi connectivity index (χ0n) is 23.8. The van der Waals surface area contributed by atoms with Crippen LogP contribution in [0.1, 0.15) is 22.3 Å². The molecule has 0 fully saturated rings. The Bertz CT molecular complexity index is 1950. The van der Waals surface area contributed by atoms with Crippen molar-refractivity contribution in [1.82, 2.24) is 4.57 Å². The molecule has 6 rings (SSSR count). The molecule has 0 bridgehead atoms. The van der Waals surface area contributed by atoms with Crippen LogP contribution in [0.5, 0.6) is 5.88 Å². The van der Waals surface area contributed by atoms with E-state index in [0.717, 1.165) is 56.7 Å². The lowest BCUT2D eigenvalue weighted by Gasteiger charge is -2.16. The van der Waals surface area contributed by atoms with Crippen LogP contribution < -0.4 is 16.4 Å². The lowest BCUT2D eigenvalue weighted by atomic mass is 9.94. The highest BCUT2D eigenvalue weighted by atomic mass is 16.5. The quantitative estimate of drug-likeness (QED) is 0.125. The molecule has 43 heavy (non-hydrogen) atoms. The number of fused-ring (bicyclic) bond motifs is 3. The predicted molar refractivity (Wildman–Crippen MR) is 177 cm³/mol. The molecule has 0 spiro atoms. The van der Waals surface area contributed by atoms with Gasteiger partial charge in [-0.3, -0.25) is 16.3 Å². The van der Waals surface area contributed by atoms with E-state index in [1.807, 2.05) is 42.5 Å². The molecule has 5 nitrogen and oxygen atoms in total. The lowest BCUT2D eigenvalue weighted by molar-refractivity contribution is 0.416. The average molecular weight is 561 g/mol. The summed E-state index contributed by atoms with van der Waals surface area (Å²) in [6.07, 6.45) is 12.3. The third kappa shape index (κ3) is 6.02. The molecule has 0 radical (unpaired) electrons. The molecule has 2 heterocycles. The maximum absolute atomic E-state index is 9.36. The molecular formula is C38H32N4O. The van der Waals surface area contributed by atoms with Crippen LogP contribution in [-0.2, 0) is 6.42 Å². The first-order valence-corrected chi connectivity index (χ1v) is 13.9. The lowest BCUT2D eigenvalue weighted by Crippen LogP contribution is -2.03. The van der Waals surface area contributed by atoms with Gasteiger partial charge in [0.05, 0.1) is 17.1 Å². The van der Waals surface area contributed by atoms with Crippen molar-refractivity contribution in [2.45, 2.75) is 6.42 Å². The predicted octanol–water partition coefficient (Wildman–Crippen LogP) is 8.17. The minimum Gasteiger partial charge on any atom is -0.439 e. The molecular weight excluding hydrogens is 528 g/mol. The van der Waals surface area contributed by atoms with Gasteiger partial charge in [-0.2, -0.15) is 5.26 Å². The fourth-order valence-corrected chi connectivity index (χ4v) is 5.30. The van der Waals surface area contributed by atoms with E-state index in [1.54, 1.807) is 6.08 Å². The number of benzene rings is 4. The monoisotopic (exact) mass is 560 g/mol. The smallest absolute Gasteiger partial charge is 0.213 e.